The maximum absolute atomic E-state index is 13.1. The Morgan fingerprint density at radius 2 is 1.67 bits per heavy atom. The van der Waals surface area contributed by atoms with Crippen LogP contribution in [0.15, 0.2) is 54.7 Å². The van der Waals surface area contributed by atoms with E-state index in [1.165, 1.54) is 17.2 Å². The second-order valence-corrected chi connectivity index (χ2v) is 7.14. The van der Waals surface area contributed by atoms with Crippen LogP contribution in [-0.4, -0.2) is 47.5 Å². The number of benzene rings is 2. The molecule has 2 aromatic carbocycles. The van der Waals surface area contributed by atoms with Gasteiger partial charge >= 0.3 is 0 Å². The third kappa shape index (κ3) is 3.30. The van der Waals surface area contributed by atoms with Gasteiger partial charge in [0, 0.05) is 55.4 Å². The Balaban J connectivity index is 1.59. The van der Waals surface area contributed by atoms with Crippen LogP contribution in [0.2, 0.25) is 5.02 Å². The number of carbonyl (C=O) groups excluding carboxylic acids is 2. The van der Waals surface area contributed by atoms with Gasteiger partial charge in [0.2, 0.25) is 5.91 Å². The molecule has 0 spiro atoms. The number of amides is 1. The largest absolute Gasteiger partial charge is 0.368 e. The SMILES string of the molecule is CC(=O)n1cc(C(=O)N2CCN(c3ccccc3)CC2)c2cc(Cl)ccc21. The van der Waals surface area contributed by atoms with Crippen LogP contribution in [0.5, 0.6) is 0 Å². The molecule has 6 heteroatoms. The Morgan fingerprint density at radius 3 is 2.33 bits per heavy atom. The quantitative estimate of drug-likeness (QED) is 0.676. The van der Waals surface area contributed by atoms with Crippen LogP contribution < -0.4 is 4.90 Å². The summed E-state index contributed by atoms with van der Waals surface area (Å²) in [6.45, 7) is 4.33. The Hall–Kier alpha value is -2.79. The van der Waals surface area contributed by atoms with Gasteiger partial charge in [0.25, 0.3) is 5.91 Å². The standard InChI is InChI=1S/C21H20ClN3O2/c1-15(26)25-14-19(18-13-16(22)7-8-20(18)25)21(27)24-11-9-23(10-12-24)17-5-3-2-4-6-17/h2-8,13-14H,9-12H2,1H3. The number of carbonyl (C=O) groups is 2. The Bertz CT molecular complexity index is 1000. The molecule has 0 bridgehead atoms. The van der Waals surface area contributed by atoms with E-state index in [2.05, 4.69) is 17.0 Å². The molecule has 1 saturated heterocycles. The molecule has 5 nitrogen and oxygen atoms in total. The average molecular weight is 382 g/mol. The van der Waals surface area contributed by atoms with Crippen molar-refractivity contribution in [2.75, 3.05) is 31.1 Å². The Labute approximate surface area is 162 Å². The molecule has 0 radical (unpaired) electrons. The van der Waals surface area contributed by atoms with Crippen LogP contribution in [-0.2, 0) is 0 Å². The fourth-order valence-corrected chi connectivity index (χ4v) is 3.78. The van der Waals surface area contributed by atoms with E-state index < -0.39 is 0 Å². The molecule has 0 atom stereocenters. The topological polar surface area (TPSA) is 45.6 Å². The lowest BCUT2D eigenvalue weighted by Crippen LogP contribution is -2.48. The van der Waals surface area contributed by atoms with Gasteiger partial charge in [-0.25, -0.2) is 0 Å². The van der Waals surface area contributed by atoms with Gasteiger partial charge in [-0.2, -0.15) is 0 Å². The maximum atomic E-state index is 13.1. The molecule has 1 aromatic heterocycles. The van der Waals surface area contributed by atoms with Crippen molar-refractivity contribution in [2.45, 2.75) is 6.92 Å². The molecule has 1 fully saturated rings. The van der Waals surface area contributed by atoms with E-state index in [1.807, 2.05) is 23.1 Å². The molecule has 0 saturated carbocycles. The molecule has 1 amide bonds. The lowest BCUT2D eigenvalue weighted by atomic mass is 10.1. The van der Waals surface area contributed by atoms with Crippen LogP contribution in [0.1, 0.15) is 22.1 Å². The predicted octanol–water partition coefficient (Wildman–Crippen LogP) is 3.92. The van der Waals surface area contributed by atoms with Crippen molar-refractivity contribution in [1.82, 2.24) is 9.47 Å². The zero-order valence-corrected chi connectivity index (χ0v) is 15.8. The van der Waals surface area contributed by atoms with Crippen molar-refractivity contribution in [3.63, 3.8) is 0 Å². The van der Waals surface area contributed by atoms with E-state index in [9.17, 15) is 9.59 Å². The van der Waals surface area contributed by atoms with Crippen LogP contribution in [0.4, 0.5) is 5.69 Å². The lowest BCUT2D eigenvalue weighted by Gasteiger charge is -2.36. The van der Waals surface area contributed by atoms with Gasteiger partial charge in [-0.15, -0.1) is 0 Å². The van der Waals surface area contributed by atoms with Gasteiger partial charge in [0.1, 0.15) is 0 Å². The number of piperazine rings is 1. The van der Waals surface area contributed by atoms with E-state index >= 15 is 0 Å². The third-order valence-corrected chi connectivity index (χ3v) is 5.26. The lowest BCUT2D eigenvalue weighted by molar-refractivity contribution is 0.0748. The van der Waals surface area contributed by atoms with Crippen molar-refractivity contribution in [1.29, 1.82) is 0 Å². The van der Waals surface area contributed by atoms with Crippen molar-refractivity contribution in [3.05, 3.63) is 65.3 Å². The maximum Gasteiger partial charge on any atom is 0.256 e. The molecular formula is C21H20ClN3O2. The molecular weight excluding hydrogens is 362 g/mol. The van der Waals surface area contributed by atoms with Gasteiger partial charge < -0.3 is 9.80 Å². The molecule has 0 N–H and O–H groups in total. The summed E-state index contributed by atoms with van der Waals surface area (Å²) in [6.07, 6.45) is 1.63. The number of aromatic nitrogens is 1. The minimum atomic E-state index is -0.129. The summed E-state index contributed by atoms with van der Waals surface area (Å²) < 4.78 is 1.51. The number of halogens is 1. The molecule has 4 rings (SSSR count). The number of nitrogens with zero attached hydrogens (tertiary/aromatic N) is 3. The van der Waals surface area contributed by atoms with Gasteiger partial charge in [-0.3, -0.25) is 14.2 Å². The second kappa shape index (κ2) is 7.08. The molecule has 138 valence electrons. The first-order valence-electron chi connectivity index (χ1n) is 8.95. The van der Waals surface area contributed by atoms with Gasteiger partial charge in [-0.1, -0.05) is 29.8 Å². The van der Waals surface area contributed by atoms with Crippen LogP contribution in [0, 0.1) is 0 Å². The normalized spacial score (nSPS) is 14.6. The number of hydrogen-bond acceptors (Lipinski definition) is 3. The van der Waals surface area contributed by atoms with Crippen LogP contribution in [0.3, 0.4) is 0 Å². The highest BCUT2D eigenvalue weighted by molar-refractivity contribution is 6.31. The number of fused-ring (bicyclic) bond motifs is 1. The van der Waals surface area contributed by atoms with Crippen LogP contribution >= 0.6 is 11.6 Å². The minimum absolute atomic E-state index is 0.0602. The van der Waals surface area contributed by atoms with Crippen molar-refractivity contribution in [3.8, 4) is 0 Å². The fourth-order valence-electron chi connectivity index (χ4n) is 3.61. The van der Waals surface area contributed by atoms with E-state index in [1.54, 1.807) is 24.4 Å². The second-order valence-electron chi connectivity index (χ2n) is 6.71. The Morgan fingerprint density at radius 1 is 0.963 bits per heavy atom. The fraction of sp³-hybridized carbons (Fsp3) is 0.238. The monoisotopic (exact) mass is 381 g/mol. The first kappa shape index (κ1) is 17.6. The highest BCUT2D eigenvalue weighted by atomic mass is 35.5. The molecule has 1 aliphatic rings. The number of para-hydroxylation sites is 1. The van der Waals surface area contributed by atoms with E-state index in [4.69, 9.17) is 11.6 Å². The highest BCUT2D eigenvalue weighted by Gasteiger charge is 2.25. The number of rotatable bonds is 2. The smallest absolute Gasteiger partial charge is 0.256 e. The number of anilines is 1. The first-order valence-corrected chi connectivity index (χ1v) is 9.33. The first-order chi connectivity index (χ1) is 13.0. The van der Waals surface area contributed by atoms with Gasteiger partial charge in [-0.05, 0) is 30.3 Å². The number of hydrogen-bond donors (Lipinski definition) is 0. The summed E-state index contributed by atoms with van der Waals surface area (Å²) in [6, 6.07) is 15.5. The molecule has 0 aliphatic carbocycles. The highest BCUT2D eigenvalue weighted by Crippen LogP contribution is 2.27. The van der Waals surface area contributed by atoms with Crippen molar-refractivity contribution in [2.24, 2.45) is 0 Å². The van der Waals surface area contributed by atoms with E-state index in [-0.39, 0.29) is 11.8 Å². The molecule has 0 unspecified atom stereocenters. The van der Waals surface area contributed by atoms with Crippen LogP contribution in [0.25, 0.3) is 10.9 Å². The summed E-state index contributed by atoms with van der Waals surface area (Å²) in [4.78, 5) is 29.2. The van der Waals surface area contributed by atoms with E-state index in [0.29, 0.717) is 34.6 Å². The van der Waals surface area contributed by atoms with Crippen molar-refractivity contribution < 1.29 is 9.59 Å². The molecule has 27 heavy (non-hydrogen) atoms. The summed E-state index contributed by atoms with van der Waals surface area (Å²) in [5.74, 6) is -0.190. The zero-order valence-electron chi connectivity index (χ0n) is 15.1. The molecule has 2 heterocycles. The van der Waals surface area contributed by atoms with Gasteiger partial charge in [0.05, 0.1) is 11.1 Å². The minimum Gasteiger partial charge on any atom is -0.368 e. The summed E-state index contributed by atoms with van der Waals surface area (Å²) in [5, 5.41) is 1.26. The summed E-state index contributed by atoms with van der Waals surface area (Å²) in [7, 11) is 0. The third-order valence-electron chi connectivity index (χ3n) is 5.02. The van der Waals surface area contributed by atoms with Gasteiger partial charge in [0.15, 0.2) is 0 Å². The molecule has 3 aromatic rings. The molecule has 1 aliphatic heterocycles. The van der Waals surface area contributed by atoms with E-state index in [0.717, 1.165) is 13.1 Å². The average Bonchev–Trinajstić information content (AvgIpc) is 3.07. The predicted molar refractivity (Wildman–Crippen MR) is 108 cm³/mol. The Kier molecular flexibility index (Phi) is 4.62. The summed E-state index contributed by atoms with van der Waals surface area (Å²) in [5.41, 5.74) is 2.40. The van der Waals surface area contributed by atoms with Crippen molar-refractivity contribution >= 4 is 40.0 Å². The zero-order chi connectivity index (χ0) is 19.0. The summed E-state index contributed by atoms with van der Waals surface area (Å²) >= 11 is 6.13.